The first-order chi connectivity index (χ1) is 18.7. The standard InChI is InChI=1S/C20H14N4.C10H26N4.H2S/c1-2-14-10-16-5-6-18(23-16)12-20-8-7-19(24-20)11-17-4-3-15(22-17)9-13(1)21-14;1-2-3-4-5-6-7-8-9-10-12-14-13-11;/h1-12,21-22H;12-14H,2-11H2,1H3;1H2. The minimum absolute atomic E-state index is 0. The van der Waals surface area contributed by atoms with Crippen LogP contribution in [0.1, 0.15) is 81.1 Å². The molecule has 2 aliphatic rings. The number of aromatic amines is 2. The molecule has 8 bridgehead atoms. The molecule has 0 spiro atoms. The summed E-state index contributed by atoms with van der Waals surface area (Å²) in [6, 6.07) is 16.4. The van der Waals surface area contributed by atoms with Gasteiger partial charge in [0.05, 0.1) is 22.8 Å². The topological polar surface area (TPSA) is 119 Å². The molecule has 0 aliphatic carbocycles. The molecule has 0 atom stereocenters. The van der Waals surface area contributed by atoms with Crippen molar-refractivity contribution in [1.82, 2.24) is 36.4 Å². The highest BCUT2D eigenvalue weighted by molar-refractivity contribution is 7.59. The Hall–Kier alpha value is -3.21. The molecular formula is C30H42N8S. The molecule has 5 rings (SSSR count). The van der Waals surface area contributed by atoms with E-state index in [1.54, 1.807) is 0 Å². The molecule has 2 aliphatic heterocycles. The number of hydrogen-bond donors (Lipinski definition) is 6. The van der Waals surface area contributed by atoms with Gasteiger partial charge < -0.3 is 9.97 Å². The van der Waals surface area contributed by atoms with Crippen molar-refractivity contribution in [2.75, 3.05) is 6.54 Å². The van der Waals surface area contributed by atoms with Gasteiger partial charge in [-0.3, -0.25) is 5.84 Å². The molecule has 0 unspecified atom stereocenters. The normalized spacial score (nSPS) is 11.6. The molecule has 0 saturated heterocycles. The van der Waals surface area contributed by atoms with Crippen LogP contribution in [-0.2, 0) is 0 Å². The largest absolute Gasteiger partial charge is 0.355 e. The van der Waals surface area contributed by atoms with Crippen LogP contribution in [0.15, 0.2) is 48.5 Å². The first-order valence-electron chi connectivity index (χ1n) is 13.7. The Morgan fingerprint density at radius 3 is 1.54 bits per heavy atom. The lowest BCUT2D eigenvalue weighted by Crippen LogP contribution is -2.47. The van der Waals surface area contributed by atoms with Gasteiger partial charge in [0.1, 0.15) is 0 Å². The molecule has 0 radical (unpaired) electrons. The van der Waals surface area contributed by atoms with Gasteiger partial charge in [-0.15, -0.1) is 0 Å². The van der Waals surface area contributed by atoms with Crippen molar-refractivity contribution in [3.63, 3.8) is 0 Å². The van der Waals surface area contributed by atoms with Gasteiger partial charge >= 0.3 is 0 Å². The van der Waals surface area contributed by atoms with Crippen LogP contribution < -0.4 is 22.3 Å². The number of H-pyrrole nitrogens is 2. The predicted octanol–water partition coefficient (Wildman–Crippen LogP) is 6.37. The summed E-state index contributed by atoms with van der Waals surface area (Å²) in [7, 11) is 0. The monoisotopic (exact) mass is 546 g/mol. The summed E-state index contributed by atoms with van der Waals surface area (Å²) in [5.41, 5.74) is 15.8. The van der Waals surface area contributed by atoms with E-state index in [1.165, 1.54) is 51.4 Å². The number of rotatable bonds is 11. The van der Waals surface area contributed by atoms with Crippen molar-refractivity contribution >= 4 is 59.9 Å². The number of fused-ring (bicyclic) bond motifs is 8. The Labute approximate surface area is 238 Å². The van der Waals surface area contributed by atoms with Gasteiger partial charge in [0.2, 0.25) is 0 Å². The van der Waals surface area contributed by atoms with Crippen molar-refractivity contribution in [3.8, 4) is 0 Å². The SMILES string of the molecule is C1=Cc2cc3ccc(cc4ccc(cc5nc(cc1n2)C=C5)[nH]4)[nH]3.CCCCCCCCCCNNNN.S. The van der Waals surface area contributed by atoms with E-state index in [1.807, 2.05) is 42.5 Å². The maximum absolute atomic E-state index is 5.01. The lowest BCUT2D eigenvalue weighted by molar-refractivity contribution is 0.431. The highest BCUT2D eigenvalue weighted by atomic mass is 32.1. The van der Waals surface area contributed by atoms with Gasteiger partial charge in [-0.25, -0.2) is 15.4 Å². The molecule has 0 aromatic carbocycles. The first-order valence-corrected chi connectivity index (χ1v) is 13.7. The van der Waals surface area contributed by atoms with Gasteiger partial charge in [0.25, 0.3) is 0 Å². The lowest BCUT2D eigenvalue weighted by Gasteiger charge is -2.04. The molecule has 208 valence electrons. The molecule has 5 heterocycles. The van der Waals surface area contributed by atoms with Gasteiger partial charge in [0, 0.05) is 28.6 Å². The van der Waals surface area contributed by atoms with E-state index in [4.69, 9.17) is 5.84 Å². The third kappa shape index (κ3) is 10.5. The maximum atomic E-state index is 5.01. The maximum Gasteiger partial charge on any atom is 0.0659 e. The molecular weight excluding hydrogens is 504 g/mol. The summed E-state index contributed by atoms with van der Waals surface area (Å²) < 4.78 is 0. The average molecular weight is 547 g/mol. The number of nitrogens with zero attached hydrogens (tertiary/aromatic N) is 2. The third-order valence-corrected chi connectivity index (χ3v) is 6.36. The fourth-order valence-corrected chi connectivity index (χ4v) is 4.40. The zero-order valence-electron chi connectivity index (χ0n) is 22.8. The summed E-state index contributed by atoms with van der Waals surface area (Å²) in [5, 5.41) is 0. The molecule has 39 heavy (non-hydrogen) atoms. The van der Waals surface area contributed by atoms with Gasteiger partial charge in [0.15, 0.2) is 0 Å². The van der Waals surface area contributed by atoms with Crippen molar-refractivity contribution < 1.29 is 0 Å². The van der Waals surface area contributed by atoms with E-state index < -0.39 is 0 Å². The van der Waals surface area contributed by atoms with Crippen LogP contribution in [-0.4, -0.2) is 26.5 Å². The molecule has 8 nitrogen and oxygen atoms in total. The Kier molecular flexibility index (Phi) is 13.0. The zero-order valence-corrected chi connectivity index (χ0v) is 23.8. The minimum atomic E-state index is 0. The van der Waals surface area contributed by atoms with E-state index in [0.29, 0.717) is 0 Å². The van der Waals surface area contributed by atoms with E-state index in [2.05, 4.69) is 73.7 Å². The molecule has 0 fully saturated rings. The zero-order chi connectivity index (χ0) is 26.4. The Morgan fingerprint density at radius 1 is 0.615 bits per heavy atom. The molecule has 0 amide bonds. The summed E-state index contributed by atoms with van der Waals surface area (Å²) >= 11 is 0. The second-order valence-electron chi connectivity index (χ2n) is 9.58. The fourth-order valence-electron chi connectivity index (χ4n) is 4.40. The number of unbranched alkanes of at least 4 members (excludes halogenated alkanes) is 7. The Balaban J connectivity index is 0.000000245. The molecule has 0 saturated carbocycles. The number of nitrogens with two attached hydrogens (primary N) is 1. The second-order valence-corrected chi connectivity index (χ2v) is 9.58. The molecule has 7 N–H and O–H groups in total. The van der Waals surface area contributed by atoms with E-state index in [9.17, 15) is 0 Å². The van der Waals surface area contributed by atoms with Gasteiger partial charge in [-0.1, -0.05) is 51.9 Å². The number of hydrogen-bond acceptors (Lipinski definition) is 6. The van der Waals surface area contributed by atoms with E-state index >= 15 is 0 Å². The van der Waals surface area contributed by atoms with Crippen LogP contribution in [0.5, 0.6) is 0 Å². The van der Waals surface area contributed by atoms with Crippen molar-refractivity contribution in [1.29, 1.82) is 0 Å². The van der Waals surface area contributed by atoms with Crippen LogP contribution in [0.3, 0.4) is 0 Å². The van der Waals surface area contributed by atoms with E-state index in [-0.39, 0.29) is 13.5 Å². The third-order valence-electron chi connectivity index (χ3n) is 6.36. The minimum Gasteiger partial charge on any atom is -0.355 e. The molecule has 3 aromatic rings. The fraction of sp³-hybridized carbons (Fsp3) is 0.333. The molecule has 9 heteroatoms. The Bertz CT molecular complexity index is 1270. The summed E-state index contributed by atoms with van der Waals surface area (Å²) in [6.45, 7) is 3.23. The summed E-state index contributed by atoms with van der Waals surface area (Å²) in [4.78, 5) is 16.0. The smallest absolute Gasteiger partial charge is 0.0659 e. The van der Waals surface area contributed by atoms with E-state index in [0.717, 1.165) is 51.4 Å². The van der Waals surface area contributed by atoms with Gasteiger partial charge in [-0.2, -0.15) is 24.6 Å². The van der Waals surface area contributed by atoms with Crippen LogP contribution in [0, 0.1) is 0 Å². The highest BCUT2D eigenvalue weighted by Crippen LogP contribution is 2.17. The lowest BCUT2D eigenvalue weighted by atomic mass is 10.1. The van der Waals surface area contributed by atoms with Crippen LogP contribution >= 0.6 is 13.5 Å². The highest BCUT2D eigenvalue weighted by Gasteiger charge is 2.02. The van der Waals surface area contributed by atoms with Gasteiger partial charge in [-0.05, 0) is 79.3 Å². The second kappa shape index (κ2) is 16.7. The average Bonchev–Trinajstić information content (AvgIpc) is 3.72. The number of nitrogens with one attached hydrogen (secondary N) is 5. The first kappa shape index (κ1) is 30.3. The van der Waals surface area contributed by atoms with Crippen molar-refractivity contribution in [3.05, 3.63) is 71.3 Å². The summed E-state index contributed by atoms with van der Waals surface area (Å²) in [6.07, 6.45) is 18.9. The van der Waals surface area contributed by atoms with Crippen LogP contribution in [0.4, 0.5) is 0 Å². The quantitative estimate of drug-likeness (QED) is 0.0651. The molecule has 3 aromatic heterocycles. The van der Waals surface area contributed by atoms with Crippen LogP contribution in [0.25, 0.3) is 46.4 Å². The Morgan fingerprint density at radius 2 is 1.05 bits per heavy atom. The van der Waals surface area contributed by atoms with Crippen LogP contribution in [0.2, 0.25) is 0 Å². The predicted molar refractivity (Wildman–Crippen MR) is 170 cm³/mol. The number of aromatic nitrogens is 4. The summed E-state index contributed by atoms with van der Waals surface area (Å²) in [5.74, 6) is 5.01. The number of hydrazine groups is 3. The van der Waals surface area contributed by atoms with Crippen molar-refractivity contribution in [2.45, 2.75) is 58.3 Å². The van der Waals surface area contributed by atoms with Crippen molar-refractivity contribution in [2.24, 2.45) is 5.84 Å².